The first-order valence-electron chi connectivity index (χ1n) is 7.00. The zero-order valence-corrected chi connectivity index (χ0v) is 13.1. The van der Waals surface area contributed by atoms with Crippen LogP contribution in [0, 0.1) is 25.5 Å². The summed E-state index contributed by atoms with van der Waals surface area (Å²) in [5.74, 6) is -1.51. The Morgan fingerprint density at radius 1 is 1.13 bits per heavy atom. The highest BCUT2D eigenvalue weighted by atomic mass is 19.1. The lowest BCUT2D eigenvalue weighted by Crippen LogP contribution is -2.11. The van der Waals surface area contributed by atoms with Crippen molar-refractivity contribution in [2.75, 3.05) is 12.4 Å². The van der Waals surface area contributed by atoms with Crippen molar-refractivity contribution in [1.82, 2.24) is 0 Å². The van der Waals surface area contributed by atoms with E-state index in [2.05, 4.69) is 5.32 Å². The van der Waals surface area contributed by atoms with Crippen LogP contribution < -0.4 is 10.1 Å². The smallest absolute Gasteiger partial charge is 0.248 e. The van der Waals surface area contributed by atoms with Gasteiger partial charge in [0.2, 0.25) is 5.91 Å². The largest absolute Gasteiger partial charge is 0.497 e. The molecule has 0 bridgehead atoms. The van der Waals surface area contributed by atoms with Gasteiger partial charge in [0.15, 0.2) is 0 Å². The number of hydrogen-bond acceptors (Lipinski definition) is 2. The molecule has 0 atom stereocenters. The first-order valence-corrected chi connectivity index (χ1v) is 7.00. The van der Waals surface area contributed by atoms with Crippen LogP contribution in [0.3, 0.4) is 0 Å². The van der Waals surface area contributed by atoms with Gasteiger partial charge in [-0.15, -0.1) is 0 Å². The standard InChI is InChI=1S/C18H17F2NO2/c1-11-9-13(23-3)10-12(2)14(11)7-8-17(22)21-18-15(19)5-4-6-16(18)20/h4-10H,1-3H3,(H,21,22)/b8-7+. The third kappa shape index (κ3) is 3.94. The van der Waals surface area contributed by atoms with Crippen LogP contribution in [0.5, 0.6) is 5.75 Å². The van der Waals surface area contributed by atoms with Crippen LogP contribution in [0.25, 0.3) is 6.08 Å². The molecule has 5 heteroatoms. The normalized spacial score (nSPS) is 10.8. The maximum atomic E-state index is 13.5. The van der Waals surface area contributed by atoms with Gasteiger partial charge in [0.1, 0.15) is 23.1 Å². The van der Waals surface area contributed by atoms with Gasteiger partial charge in [-0.1, -0.05) is 6.07 Å². The zero-order chi connectivity index (χ0) is 17.0. The molecule has 1 N–H and O–H groups in total. The number of carbonyl (C=O) groups excluding carboxylic acids is 1. The molecule has 2 aromatic rings. The van der Waals surface area contributed by atoms with Crippen molar-refractivity contribution in [2.45, 2.75) is 13.8 Å². The number of methoxy groups -OCH3 is 1. The molecule has 0 spiro atoms. The number of rotatable bonds is 4. The molecule has 0 heterocycles. The van der Waals surface area contributed by atoms with Crippen molar-refractivity contribution in [3.8, 4) is 5.75 Å². The van der Waals surface area contributed by atoms with E-state index in [9.17, 15) is 13.6 Å². The van der Waals surface area contributed by atoms with Crippen LogP contribution in [-0.4, -0.2) is 13.0 Å². The minimum atomic E-state index is -0.816. The molecule has 120 valence electrons. The monoisotopic (exact) mass is 317 g/mol. The third-order valence-electron chi connectivity index (χ3n) is 3.42. The lowest BCUT2D eigenvalue weighted by molar-refractivity contribution is -0.111. The Balaban J connectivity index is 2.19. The average Bonchev–Trinajstić information content (AvgIpc) is 2.50. The molecule has 0 aliphatic heterocycles. The highest BCUT2D eigenvalue weighted by Gasteiger charge is 2.10. The number of hydrogen-bond donors (Lipinski definition) is 1. The molecule has 1 amide bonds. The van der Waals surface area contributed by atoms with Crippen LogP contribution >= 0.6 is 0 Å². The van der Waals surface area contributed by atoms with Crippen molar-refractivity contribution < 1.29 is 18.3 Å². The van der Waals surface area contributed by atoms with Gasteiger partial charge in [-0.25, -0.2) is 8.78 Å². The van der Waals surface area contributed by atoms with Crippen molar-refractivity contribution in [3.05, 3.63) is 64.7 Å². The fourth-order valence-corrected chi connectivity index (χ4v) is 2.26. The van der Waals surface area contributed by atoms with Crippen LogP contribution in [0.2, 0.25) is 0 Å². The lowest BCUT2D eigenvalue weighted by Gasteiger charge is -2.09. The van der Waals surface area contributed by atoms with Crippen molar-refractivity contribution in [2.24, 2.45) is 0 Å². The molecular weight excluding hydrogens is 300 g/mol. The van der Waals surface area contributed by atoms with E-state index in [-0.39, 0.29) is 0 Å². The molecule has 0 saturated carbocycles. The maximum Gasteiger partial charge on any atom is 0.248 e. The predicted molar refractivity (Wildman–Crippen MR) is 86.5 cm³/mol. The van der Waals surface area contributed by atoms with E-state index in [4.69, 9.17) is 4.74 Å². The van der Waals surface area contributed by atoms with Crippen molar-refractivity contribution in [1.29, 1.82) is 0 Å². The number of para-hydroxylation sites is 1. The second-order valence-corrected chi connectivity index (χ2v) is 5.09. The molecule has 0 aliphatic rings. The number of aryl methyl sites for hydroxylation is 2. The quantitative estimate of drug-likeness (QED) is 0.857. The molecule has 2 aromatic carbocycles. The number of carbonyl (C=O) groups is 1. The first kappa shape index (κ1) is 16.7. The Morgan fingerprint density at radius 2 is 1.70 bits per heavy atom. The summed E-state index contributed by atoms with van der Waals surface area (Å²) < 4.78 is 32.2. The molecule has 0 saturated heterocycles. The third-order valence-corrected chi connectivity index (χ3v) is 3.42. The summed E-state index contributed by atoms with van der Waals surface area (Å²) in [4.78, 5) is 11.9. The lowest BCUT2D eigenvalue weighted by atomic mass is 10.0. The number of halogens is 2. The number of ether oxygens (including phenoxy) is 1. The maximum absolute atomic E-state index is 13.5. The summed E-state index contributed by atoms with van der Waals surface area (Å²) in [5.41, 5.74) is 2.27. The fraction of sp³-hybridized carbons (Fsp3) is 0.167. The topological polar surface area (TPSA) is 38.3 Å². The molecular formula is C18H17F2NO2. The predicted octanol–water partition coefficient (Wildman–Crippen LogP) is 4.24. The van der Waals surface area contributed by atoms with Gasteiger partial charge < -0.3 is 10.1 Å². The summed E-state index contributed by atoms with van der Waals surface area (Å²) in [6, 6.07) is 7.10. The molecule has 0 aliphatic carbocycles. The van der Waals surface area contributed by atoms with Gasteiger partial charge in [0, 0.05) is 6.08 Å². The van der Waals surface area contributed by atoms with Gasteiger partial charge >= 0.3 is 0 Å². The van der Waals surface area contributed by atoms with E-state index in [0.29, 0.717) is 0 Å². The average molecular weight is 317 g/mol. The Kier molecular flexibility index (Phi) is 5.11. The Bertz CT molecular complexity index is 726. The van der Waals surface area contributed by atoms with E-state index >= 15 is 0 Å². The van der Waals surface area contributed by atoms with Crippen LogP contribution in [0.1, 0.15) is 16.7 Å². The number of benzene rings is 2. The van der Waals surface area contributed by atoms with Crippen LogP contribution in [0.15, 0.2) is 36.4 Å². The second kappa shape index (κ2) is 7.05. The molecule has 0 fully saturated rings. The minimum Gasteiger partial charge on any atom is -0.497 e. The molecule has 3 nitrogen and oxygen atoms in total. The van der Waals surface area contributed by atoms with Crippen LogP contribution in [-0.2, 0) is 4.79 Å². The summed E-state index contributed by atoms with van der Waals surface area (Å²) in [5, 5.41) is 2.21. The van der Waals surface area contributed by atoms with E-state index in [1.54, 1.807) is 13.2 Å². The van der Waals surface area contributed by atoms with E-state index in [1.807, 2.05) is 26.0 Å². The van der Waals surface area contributed by atoms with E-state index in [1.165, 1.54) is 12.1 Å². The Labute approximate surface area is 133 Å². The number of amides is 1. The summed E-state index contributed by atoms with van der Waals surface area (Å²) in [6.07, 6.45) is 2.85. The van der Waals surface area contributed by atoms with E-state index in [0.717, 1.165) is 34.6 Å². The molecule has 23 heavy (non-hydrogen) atoms. The summed E-state index contributed by atoms with van der Waals surface area (Å²) in [7, 11) is 1.58. The van der Waals surface area contributed by atoms with Gasteiger partial charge in [-0.3, -0.25) is 4.79 Å². The number of nitrogens with one attached hydrogen (secondary N) is 1. The molecule has 0 aromatic heterocycles. The van der Waals surface area contributed by atoms with Gasteiger partial charge in [0.25, 0.3) is 0 Å². The number of anilines is 1. The van der Waals surface area contributed by atoms with Gasteiger partial charge in [-0.2, -0.15) is 0 Å². The van der Waals surface area contributed by atoms with Crippen molar-refractivity contribution in [3.63, 3.8) is 0 Å². The minimum absolute atomic E-state index is 0.453. The Morgan fingerprint density at radius 3 is 2.22 bits per heavy atom. The summed E-state index contributed by atoms with van der Waals surface area (Å²) in [6.45, 7) is 3.78. The molecule has 0 unspecified atom stereocenters. The highest BCUT2D eigenvalue weighted by Crippen LogP contribution is 2.23. The summed E-state index contributed by atoms with van der Waals surface area (Å²) >= 11 is 0. The Hall–Kier alpha value is -2.69. The van der Waals surface area contributed by atoms with Gasteiger partial charge in [0.05, 0.1) is 7.11 Å². The fourth-order valence-electron chi connectivity index (χ4n) is 2.26. The SMILES string of the molecule is COc1cc(C)c(/C=C/C(=O)Nc2c(F)cccc2F)c(C)c1. The molecule has 2 rings (SSSR count). The highest BCUT2D eigenvalue weighted by molar-refractivity contribution is 6.02. The zero-order valence-electron chi connectivity index (χ0n) is 13.1. The molecule has 0 radical (unpaired) electrons. The first-order chi connectivity index (χ1) is 10.9. The van der Waals surface area contributed by atoms with Gasteiger partial charge in [-0.05, 0) is 60.9 Å². The van der Waals surface area contributed by atoms with Crippen molar-refractivity contribution >= 4 is 17.7 Å². The second-order valence-electron chi connectivity index (χ2n) is 5.09. The van der Waals surface area contributed by atoms with E-state index < -0.39 is 23.2 Å². The van der Waals surface area contributed by atoms with Crippen LogP contribution in [0.4, 0.5) is 14.5 Å².